The van der Waals surface area contributed by atoms with Gasteiger partial charge in [0.1, 0.15) is 11.6 Å². The van der Waals surface area contributed by atoms with Gasteiger partial charge in [-0.2, -0.15) is 10.1 Å². The van der Waals surface area contributed by atoms with E-state index in [1.54, 1.807) is 36.0 Å². The van der Waals surface area contributed by atoms with Gasteiger partial charge in [-0.3, -0.25) is 9.48 Å². The molecule has 5 rings (SSSR count). The second kappa shape index (κ2) is 8.39. The third kappa shape index (κ3) is 4.28. The molecule has 1 aliphatic heterocycles. The van der Waals surface area contributed by atoms with Crippen LogP contribution >= 0.6 is 0 Å². The lowest BCUT2D eigenvalue weighted by Crippen LogP contribution is -2.60. The molecular weight excluding hydrogens is 440 g/mol. The first-order valence-corrected chi connectivity index (χ1v) is 10.7. The number of amides is 1. The van der Waals surface area contributed by atoms with Crippen LogP contribution in [0.2, 0.25) is 0 Å². The van der Waals surface area contributed by atoms with Gasteiger partial charge in [-0.1, -0.05) is 6.07 Å². The molecule has 34 heavy (non-hydrogen) atoms. The summed E-state index contributed by atoms with van der Waals surface area (Å²) >= 11 is 0. The number of carbonyl (C=O) groups excluding carboxylic acids is 1. The number of hydrogen-bond acceptors (Lipinski definition) is 10. The molecule has 0 spiro atoms. The lowest BCUT2D eigenvalue weighted by molar-refractivity contribution is 0.0304. The van der Waals surface area contributed by atoms with Crippen molar-refractivity contribution < 1.29 is 19.4 Å². The molecule has 5 heterocycles. The van der Waals surface area contributed by atoms with Gasteiger partial charge < -0.3 is 30.2 Å². The molecule has 4 N–H and O–H groups in total. The highest BCUT2D eigenvalue weighted by Crippen LogP contribution is 2.32. The minimum atomic E-state index is -0.859. The molecule has 0 aliphatic carbocycles. The van der Waals surface area contributed by atoms with E-state index in [0.29, 0.717) is 41.6 Å². The Bertz CT molecular complexity index is 1350. The van der Waals surface area contributed by atoms with E-state index in [0.717, 1.165) is 5.56 Å². The molecule has 4 aromatic heterocycles. The summed E-state index contributed by atoms with van der Waals surface area (Å²) in [6, 6.07) is 7.10. The summed E-state index contributed by atoms with van der Waals surface area (Å²) in [6.45, 7) is 2.56. The van der Waals surface area contributed by atoms with E-state index in [-0.39, 0.29) is 24.7 Å². The van der Waals surface area contributed by atoms with Gasteiger partial charge >= 0.3 is 0 Å². The van der Waals surface area contributed by atoms with Gasteiger partial charge in [-0.15, -0.1) is 0 Å². The minimum absolute atomic E-state index is 0.0843. The third-order valence-corrected chi connectivity index (χ3v) is 5.35. The summed E-state index contributed by atoms with van der Waals surface area (Å²) in [5.41, 5.74) is 1.54. The van der Waals surface area contributed by atoms with Gasteiger partial charge in [0, 0.05) is 44.5 Å². The third-order valence-electron chi connectivity index (χ3n) is 5.35. The Morgan fingerprint density at radius 2 is 2.09 bits per heavy atom. The number of anilines is 3. The molecule has 0 radical (unpaired) electrons. The zero-order valence-electron chi connectivity index (χ0n) is 18.7. The van der Waals surface area contributed by atoms with Crippen molar-refractivity contribution in [3.8, 4) is 11.3 Å². The summed E-state index contributed by atoms with van der Waals surface area (Å²) in [5, 5.41) is 29.1. The molecule has 0 bridgehead atoms. The Balaban J connectivity index is 1.47. The Hall–Kier alpha value is -4.03. The van der Waals surface area contributed by atoms with Crippen LogP contribution in [0.4, 0.5) is 17.7 Å². The molecule has 12 heteroatoms. The topological polar surface area (TPSA) is 154 Å². The minimum Gasteiger partial charge on any atom is -0.422 e. The number of oxazole rings is 1. The van der Waals surface area contributed by atoms with E-state index in [1.165, 1.54) is 0 Å². The molecular formula is C22H24N8O4. The highest BCUT2D eigenvalue weighted by molar-refractivity contribution is 6.09. The molecule has 1 saturated heterocycles. The van der Waals surface area contributed by atoms with Crippen LogP contribution in [0.5, 0.6) is 0 Å². The van der Waals surface area contributed by atoms with Gasteiger partial charge in [-0.25, -0.2) is 9.97 Å². The summed E-state index contributed by atoms with van der Waals surface area (Å²) in [5.74, 6) is 0.339. The van der Waals surface area contributed by atoms with E-state index in [2.05, 4.69) is 30.7 Å². The lowest BCUT2D eigenvalue weighted by atomic mass is 9.96. The number of β-amino-alcohol motifs (C(OH)–C–C–N with tert-alkyl or cyclic N) is 1. The summed E-state index contributed by atoms with van der Waals surface area (Å²) in [4.78, 5) is 28.5. The van der Waals surface area contributed by atoms with Crippen molar-refractivity contribution in [1.29, 1.82) is 0 Å². The first kappa shape index (κ1) is 21.8. The Labute approximate surface area is 194 Å². The average molecular weight is 464 g/mol. The Morgan fingerprint density at radius 3 is 2.79 bits per heavy atom. The fraction of sp³-hybridized carbons (Fsp3) is 0.318. The number of hydrogen-bond donors (Lipinski definition) is 4. The predicted octanol–water partition coefficient (Wildman–Crippen LogP) is 1.25. The highest BCUT2D eigenvalue weighted by Gasteiger charge is 2.39. The largest absolute Gasteiger partial charge is 0.422 e. The monoisotopic (exact) mass is 464 g/mol. The van der Waals surface area contributed by atoms with Gasteiger partial charge in [-0.05, 0) is 19.1 Å². The first-order valence-electron chi connectivity index (χ1n) is 10.7. The summed E-state index contributed by atoms with van der Waals surface area (Å²) in [6.07, 6.45) is 3.54. The molecule has 12 nitrogen and oxygen atoms in total. The second-order valence-electron chi connectivity index (χ2n) is 8.47. The maximum absolute atomic E-state index is 13.3. The number of aliphatic hydroxyl groups excluding tert-OH is 1. The maximum atomic E-state index is 13.3. The van der Waals surface area contributed by atoms with Crippen molar-refractivity contribution in [3.05, 3.63) is 42.2 Å². The molecule has 0 aromatic carbocycles. The summed E-state index contributed by atoms with van der Waals surface area (Å²) < 4.78 is 7.33. The number of carbonyl (C=O) groups is 1. The van der Waals surface area contributed by atoms with Gasteiger partial charge in [0.05, 0.1) is 29.7 Å². The van der Waals surface area contributed by atoms with Gasteiger partial charge in [0.2, 0.25) is 5.65 Å². The maximum Gasteiger partial charge on any atom is 0.297 e. The van der Waals surface area contributed by atoms with Crippen LogP contribution in [0, 0.1) is 0 Å². The van der Waals surface area contributed by atoms with Crippen molar-refractivity contribution in [2.45, 2.75) is 12.5 Å². The van der Waals surface area contributed by atoms with E-state index < -0.39 is 11.5 Å². The fourth-order valence-corrected chi connectivity index (χ4v) is 3.83. The molecule has 4 aromatic rings. The molecule has 0 atom stereocenters. The molecule has 176 valence electrons. The van der Waals surface area contributed by atoms with E-state index in [9.17, 15) is 9.90 Å². The SMILES string of the molecule is Cn1cc(-c2cccc(NC(=O)c3cc4oc(NCCO)nc4nc3N3CC(C)(O)C3)n2)cn1. The Morgan fingerprint density at radius 1 is 1.26 bits per heavy atom. The van der Waals surface area contributed by atoms with Gasteiger partial charge in [0.25, 0.3) is 11.9 Å². The number of rotatable bonds is 7. The molecule has 0 unspecified atom stereocenters. The van der Waals surface area contributed by atoms with E-state index >= 15 is 0 Å². The fourth-order valence-electron chi connectivity index (χ4n) is 3.83. The number of aromatic nitrogens is 5. The van der Waals surface area contributed by atoms with Gasteiger partial charge in [0.15, 0.2) is 5.58 Å². The van der Waals surface area contributed by atoms with Crippen LogP contribution < -0.4 is 15.5 Å². The number of aryl methyl sites for hydroxylation is 1. The number of pyridine rings is 2. The van der Waals surface area contributed by atoms with Crippen molar-refractivity contribution in [2.75, 3.05) is 41.8 Å². The van der Waals surface area contributed by atoms with E-state index in [1.807, 2.05) is 24.2 Å². The number of nitrogens with zero attached hydrogens (tertiary/aromatic N) is 6. The molecule has 1 aliphatic rings. The van der Waals surface area contributed by atoms with Crippen LogP contribution in [0.25, 0.3) is 22.5 Å². The number of fused-ring (bicyclic) bond motifs is 1. The zero-order valence-corrected chi connectivity index (χ0v) is 18.7. The van der Waals surface area contributed by atoms with Crippen molar-refractivity contribution >= 4 is 34.8 Å². The smallest absolute Gasteiger partial charge is 0.297 e. The number of nitrogens with one attached hydrogen (secondary N) is 2. The van der Waals surface area contributed by atoms with Crippen LogP contribution in [0.1, 0.15) is 17.3 Å². The van der Waals surface area contributed by atoms with Crippen LogP contribution in [-0.2, 0) is 7.05 Å². The van der Waals surface area contributed by atoms with Crippen molar-refractivity contribution in [3.63, 3.8) is 0 Å². The predicted molar refractivity (Wildman–Crippen MR) is 125 cm³/mol. The highest BCUT2D eigenvalue weighted by atomic mass is 16.4. The lowest BCUT2D eigenvalue weighted by Gasteiger charge is -2.45. The molecule has 0 saturated carbocycles. The van der Waals surface area contributed by atoms with Crippen LogP contribution in [-0.4, -0.2) is 72.7 Å². The summed E-state index contributed by atoms with van der Waals surface area (Å²) in [7, 11) is 1.82. The second-order valence-corrected chi connectivity index (χ2v) is 8.47. The normalized spacial score (nSPS) is 14.8. The number of aliphatic hydroxyl groups is 2. The van der Waals surface area contributed by atoms with E-state index in [4.69, 9.17) is 9.52 Å². The van der Waals surface area contributed by atoms with Crippen LogP contribution in [0.15, 0.2) is 41.1 Å². The molecule has 1 fully saturated rings. The quantitative estimate of drug-likeness (QED) is 0.314. The zero-order chi connectivity index (χ0) is 23.9. The van der Waals surface area contributed by atoms with Crippen LogP contribution in [0.3, 0.4) is 0 Å². The standard InChI is InChI=1S/C22H24N8O4/c1-22(33)11-30(12-22)19-14(8-16-18(27-19)28-21(34-16)23-6-7-31)20(32)26-17-5-3-4-15(25-17)13-9-24-29(2)10-13/h3-5,8-10,31,33H,6-7,11-12H2,1-2H3,(H,23,27,28)(H,25,26,32). The first-order chi connectivity index (χ1) is 16.3. The van der Waals surface area contributed by atoms with Crippen molar-refractivity contribution in [2.24, 2.45) is 7.05 Å². The average Bonchev–Trinajstić information content (AvgIpc) is 3.40. The Kier molecular flexibility index (Phi) is 5.38. The molecule has 1 amide bonds. The van der Waals surface area contributed by atoms with Crippen molar-refractivity contribution in [1.82, 2.24) is 24.7 Å².